The van der Waals surface area contributed by atoms with Crippen molar-refractivity contribution in [2.45, 2.75) is 25.0 Å². The Labute approximate surface area is 196 Å². The second kappa shape index (κ2) is 13.2. The van der Waals surface area contributed by atoms with Crippen molar-refractivity contribution in [1.29, 1.82) is 0 Å². The van der Waals surface area contributed by atoms with E-state index in [4.69, 9.17) is 18.9 Å². The quantitative estimate of drug-likeness (QED) is 0.301. The van der Waals surface area contributed by atoms with E-state index in [2.05, 4.69) is 32.7 Å². The number of benzene rings is 1. The van der Waals surface area contributed by atoms with E-state index in [0.29, 0.717) is 0 Å². The summed E-state index contributed by atoms with van der Waals surface area (Å²) in [6, 6.07) is 6.29. The predicted octanol–water partition coefficient (Wildman–Crippen LogP) is 2.04. The van der Waals surface area contributed by atoms with Crippen molar-refractivity contribution >= 4 is 29.9 Å². The molecule has 0 saturated carbocycles. The molecule has 2 unspecified atom stereocenters. The molecule has 0 aliphatic carbocycles. The van der Waals surface area contributed by atoms with Gasteiger partial charge in [0.05, 0.1) is 39.6 Å². The van der Waals surface area contributed by atoms with Gasteiger partial charge in [0.2, 0.25) is 0 Å². The van der Waals surface area contributed by atoms with E-state index in [9.17, 15) is 0 Å². The van der Waals surface area contributed by atoms with Gasteiger partial charge in [-0.2, -0.15) is 0 Å². The number of hydrogen-bond donors (Lipinski definition) is 2. The largest absolute Gasteiger partial charge is 0.493 e. The van der Waals surface area contributed by atoms with E-state index >= 15 is 0 Å². The van der Waals surface area contributed by atoms with Gasteiger partial charge in [0, 0.05) is 39.8 Å². The maximum absolute atomic E-state index is 5.69. The van der Waals surface area contributed by atoms with Gasteiger partial charge in [0.25, 0.3) is 0 Å². The highest BCUT2D eigenvalue weighted by Crippen LogP contribution is 2.32. The number of ether oxygens (including phenoxy) is 4. The standard InChI is InChI=1S/C21H34N4O4.HI/c1-22-21(23-14-17-5-4-10-29-17)24-15-18(25-8-11-28-12-9-25)16-6-7-19(26-2)20(13-16)27-3;/h6-7,13,17-18H,4-5,8-12,14-15H2,1-3H3,(H2,22,23,24);1H. The molecule has 0 spiro atoms. The Morgan fingerprint density at radius 2 is 1.93 bits per heavy atom. The maximum atomic E-state index is 5.69. The summed E-state index contributed by atoms with van der Waals surface area (Å²) in [5, 5.41) is 6.87. The molecule has 0 radical (unpaired) electrons. The molecule has 2 fully saturated rings. The van der Waals surface area contributed by atoms with Gasteiger partial charge in [-0.1, -0.05) is 6.07 Å². The Kier molecular flexibility index (Phi) is 11.0. The zero-order chi connectivity index (χ0) is 20.5. The molecule has 1 aromatic rings. The van der Waals surface area contributed by atoms with Crippen LogP contribution in [0, 0.1) is 0 Å². The molecule has 0 amide bonds. The summed E-state index contributed by atoms with van der Waals surface area (Å²) in [6.45, 7) is 5.63. The van der Waals surface area contributed by atoms with Crippen molar-refractivity contribution in [3.8, 4) is 11.5 Å². The van der Waals surface area contributed by atoms with Crippen LogP contribution >= 0.6 is 24.0 Å². The minimum absolute atomic E-state index is 0. The third kappa shape index (κ3) is 6.86. The highest BCUT2D eigenvalue weighted by Gasteiger charge is 2.24. The van der Waals surface area contributed by atoms with E-state index in [1.54, 1.807) is 21.3 Å². The number of morpholine rings is 1. The number of methoxy groups -OCH3 is 2. The summed E-state index contributed by atoms with van der Waals surface area (Å²) >= 11 is 0. The van der Waals surface area contributed by atoms with Crippen molar-refractivity contribution in [2.75, 3.05) is 67.3 Å². The van der Waals surface area contributed by atoms with Crippen LogP contribution in [0.4, 0.5) is 0 Å². The summed E-state index contributed by atoms with van der Waals surface area (Å²) in [5.74, 6) is 2.27. The molecule has 170 valence electrons. The molecule has 30 heavy (non-hydrogen) atoms. The second-order valence-electron chi connectivity index (χ2n) is 7.25. The van der Waals surface area contributed by atoms with E-state index in [1.165, 1.54) is 5.56 Å². The molecule has 2 heterocycles. The molecule has 2 aliphatic heterocycles. The molecule has 2 aliphatic rings. The lowest BCUT2D eigenvalue weighted by molar-refractivity contribution is 0.0169. The highest BCUT2D eigenvalue weighted by atomic mass is 127. The molecule has 1 aromatic carbocycles. The summed E-state index contributed by atoms with van der Waals surface area (Å²) in [5.41, 5.74) is 1.17. The number of nitrogens with zero attached hydrogens (tertiary/aromatic N) is 2. The third-order valence-corrected chi connectivity index (χ3v) is 5.49. The van der Waals surface area contributed by atoms with Crippen LogP contribution in [0.25, 0.3) is 0 Å². The van der Waals surface area contributed by atoms with Gasteiger partial charge < -0.3 is 29.6 Å². The van der Waals surface area contributed by atoms with Gasteiger partial charge in [-0.15, -0.1) is 24.0 Å². The van der Waals surface area contributed by atoms with Crippen LogP contribution < -0.4 is 20.1 Å². The highest BCUT2D eigenvalue weighted by molar-refractivity contribution is 14.0. The number of halogens is 1. The van der Waals surface area contributed by atoms with Crippen molar-refractivity contribution in [3.05, 3.63) is 23.8 Å². The lowest BCUT2D eigenvalue weighted by Gasteiger charge is -2.35. The average Bonchev–Trinajstić information content (AvgIpc) is 3.30. The van der Waals surface area contributed by atoms with Gasteiger partial charge in [0.1, 0.15) is 0 Å². The fourth-order valence-corrected chi connectivity index (χ4v) is 3.84. The molecular formula is C21H35IN4O4. The fraction of sp³-hybridized carbons (Fsp3) is 0.667. The first-order chi connectivity index (χ1) is 14.2. The van der Waals surface area contributed by atoms with E-state index < -0.39 is 0 Å². The Bertz CT molecular complexity index is 664. The molecule has 2 saturated heterocycles. The Morgan fingerprint density at radius 3 is 2.57 bits per heavy atom. The smallest absolute Gasteiger partial charge is 0.191 e. The molecule has 9 heteroatoms. The van der Waals surface area contributed by atoms with Gasteiger partial charge >= 0.3 is 0 Å². The summed E-state index contributed by atoms with van der Waals surface area (Å²) in [7, 11) is 5.12. The monoisotopic (exact) mass is 534 g/mol. The first-order valence-corrected chi connectivity index (χ1v) is 10.3. The third-order valence-electron chi connectivity index (χ3n) is 5.49. The molecule has 0 aromatic heterocycles. The molecule has 2 N–H and O–H groups in total. The number of aliphatic imine (C=N–C) groups is 1. The number of guanidine groups is 1. The summed E-state index contributed by atoms with van der Waals surface area (Å²) < 4.78 is 22.2. The zero-order valence-corrected chi connectivity index (χ0v) is 20.5. The zero-order valence-electron chi connectivity index (χ0n) is 18.2. The van der Waals surface area contributed by atoms with Crippen LogP contribution in [-0.4, -0.2) is 84.2 Å². The number of hydrogen-bond acceptors (Lipinski definition) is 6. The fourth-order valence-electron chi connectivity index (χ4n) is 3.84. The van der Waals surface area contributed by atoms with Gasteiger partial charge in [-0.25, -0.2) is 0 Å². The van der Waals surface area contributed by atoms with Crippen molar-refractivity contribution in [1.82, 2.24) is 15.5 Å². The normalized spacial score (nSPS) is 20.9. The second-order valence-corrected chi connectivity index (χ2v) is 7.25. The van der Waals surface area contributed by atoms with Crippen LogP contribution in [0.5, 0.6) is 11.5 Å². The molecule has 3 rings (SSSR count). The van der Waals surface area contributed by atoms with Gasteiger partial charge in [-0.3, -0.25) is 9.89 Å². The summed E-state index contributed by atoms with van der Waals surface area (Å²) in [6.07, 6.45) is 2.51. The van der Waals surface area contributed by atoms with Crippen LogP contribution in [0.15, 0.2) is 23.2 Å². The Morgan fingerprint density at radius 1 is 1.17 bits per heavy atom. The van der Waals surface area contributed by atoms with Crippen molar-refractivity contribution in [3.63, 3.8) is 0 Å². The number of rotatable bonds is 8. The molecular weight excluding hydrogens is 499 g/mol. The first kappa shape index (κ1) is 25.0. The predicted molar refractivity (Wildman–Crippen MR) is 128 cm³/mol. The van der Waals surface area contributed by atoms with Gasteiger partial charge in [-0.05, 0) is 30.5 Å². The van der Waals surface area contributed by atoms with Gasteiger partial charge in [0.15, 0.2) is 17.5 Å². The van der Waals surface area contributed by atoms with E-state index in [-0.39, 0.29) is 36.1 Å². The maximum Gasteiger partial charge on any atom is 0.191 e. The minimum Gasteiger partial charge on any atom is -0.493 e. The van der Waals surface area contributed by atoms with Crippen LogP contribution in [0.2, 0.25) is 0 Å². The lowest BCUT2D eigenvalue weighted by Crippen LogP contribution is -2.47. The SMILES string of the molecule is CN=C(NCC1CCCO1)NCC(c1ccc(OC)c(OC)c1)N1CCOCC1.I. The summed E-state index contributed by atoms with van der Waals surface area (Å²) in [4.78, 5) is 6.81. The van der Waals surface area contributed by atoms with Crippen LogP contribution in [0.1, 0.15) is 24.4 Å². The van der Waals surface area contributed by atoms with E-state index in [0.717, 1.165) is 76.3 Å². The van der Waals surface area contributed by atoms with E-state index in [1.807, 2.05) is 6.07 Å². The van der Waals surface area contributed by atoms with Crippen molar-refractivity contribution in [2.24, 2.45) is 4.99 Å². The van der Waals surface area contributed by atoms with Crippen LogP contribution in [0.3, 0.4) is 0 Å². The lowest BCUT2D eigenvalue weighted by atomic mass is 10.0. The van der Waals surface area contributed by atoms with Crippen LogP contribution in [-0.2, 0) is 9.47 Å². The Balaban J connectivity index is 0.00000320. The molecule has 8 nitrogen and oxygen atoms in total. The average molecular weight is 534 g/mol. The number of nitrogens with one attached hydrogen (secondary N) is 2. The molecule has 2 atom stereocenters. The van der Waals surface area contributed by atoms with Crippen molar-refractivity contribution < 1.29 is 18.9 Å². The molecule has 0 bridgehead atoms. The topological polar surface area (TPSA) is 76.6 Å². The first-order valence-electron chi connectivity index (χ1n) is 10.3. The Hall–Kier alpha value is -1.30. The minimum atomic E-state index is 0.